The zero-order chi connectivity index (χ0) is 16.5. The lowest BCUT2D eigenvalue weighted by Gasteiger charge is -2.47. The highest BCUT2D eigenvalue weighted by molar-refractivity contribution is 8.34. The Labute approximate surface area is 144 Å². The van der Waals surface area contributed by atoms with E-state index >= 15 is 0 Å². The molecule has 0 atom stereocenters. The summed E-state index contributed by atoms with van der Waals surface area (Å²) in [6, 6.07) is 9.07. The van der Waals surface area contributed by atoms with Crippen molar-refractivity contribution in [2.24, 2.45) is 0 Å². The Morgan fingerprint density at radius 2 is 1.52 bits per heavy atom. The maximum absolute atomic E-state index is 8.86. The van der Waals surface area contributed by atoms with Crippen LogP contribution in [0.1, 0.15) is 75.8 Å². The predicted molar refractivity (Wildman–Crippen MR) is 106 cm³/mol. The van der Waals surface area contributed by atoms with Gasteiger partial charge < -0.3 is 5.41 Å². The minimum Gasteiger partial charge on any atom is -0.303 e. The highest BCUT2D eigenvalue weighted by Crippen LogP contribution is 2.61. The normalized spacial score (nSPS) is 23.6. The molecular weight excluding hydrogens is 298 g/mol. The average molecular weight is 332 g/mol. The lowest BCUT2D eigenvalue weighted by atomic mass is 9.83. The molecule has 1 saturated heterocycles. The highest BCUT2D eigenvalue weighted by Gasteiger charge is 2.41. The molecule has 1 nitrogen and oxygen atoms in total. The number of benzene rings is 1. The zero-order valence-electron chi connectivity index (χ0n) is 15.2. The highest BCUT2D eigenvalue weighted by atomic mass is 32.3. The molecule has 128 valence electrons. The third-order valence-electron chi connectivity index (χ3n) is 6.55. The van der Waals surface area contributed by atoms with E-state index < -0.39 is 10.0 Å². The second-order valence-electron chi connectivity index (χ2n) is 8.23. The van der Waals surface area contributed by atoms with Gasteiger partial charge in [-0.2, -0.15) is 0 Å². The summed E-state index contributed by atoms with van der Waals surface area (Å²) in [5, 5.41) is 8.86. The van der Waals surface area contributed by atoms with E-state index in [-0.39, 0.29) is 4.75 Å². The van der Waals surface area contributed by atoms with Crippen LogP contribution in [0.4, 0.5) is 0 Å². The molecule has 1 aromatic carbocycles. The van der Waals surface area contributed by atoms with E-state index in [1.807, 2.05) is 0 Å². The molecule has 1 aliphatic carbocycles. The van der Waals surface area contributed by atoms with Gasteiger partial charge in [-0.1, -0.05) is 43.5 Å². The molecule has 0 amide bonds. The Balaban J connectivity index is 1.77. The maximum Gasteiger partial charge on any atom is 0.0526 e. The van der Waals surface area contributed by atoms with Crippen molar-refractivity contribution in [2.75, 3.05) is 17.8 Å². The van der Waals surface area contributed by atoms with Gasteiger partial charge in [-0.05, 0) is 74.3 Å². The van der Waals surface area contributed by atoms with E-state index in [1.165, 1.54) is 62.0 Å². The lowest BCUT2D eigenvalue weighted by Crippen LogP contribution is -2.38. The number of rotatable bonds is 4. The summed E-state index contributed by atoms with van der Waals surface area (Å²) in [6.07, 6.45) is 12.1. The van der Waals surface area contributed by atoms with E-state index in [0.29, 0.717) is 0 Å². The van der Waals surface area contributed by atoms with Crippen LogP contribution in [0.15, 0.2) is 24.3 Å². The monoisotopic (exact) mass is 331 g/mol. The van der Waals surface area contributed by atoms with Gasteiger partial charge in [0.05, 0.1) is 5.71 Å². The molecule has 2 aliphatic rings. The molecule has 23 heavy (non-hydrogen) atoms. The van der Waals surface area contributed by atoms with Gasteiger partial charge in [0, 0.05) is 4.75 Å². The van der Waals surface area contributed by atoms with Gasteiger partial charge in [-0.25, -0.2) is 10.0 Å². The Hall–Kier alpha value is -0.760. The van der Waals surface area contributed by atoms with Crippen molar-refractivity contribution in [2.45, 2.75) is 69.5 Å². The molecule has 0 spiro atoms. The molecule has 0 unspecified atom stereocenters. The van der Waals surface area contributed by atoms with Crippen molar-refractivity contribution in [1.29, 1.82) is 5.41 Å². The first-order valence-corrected chi connectivity index (χ1v) is 11.7. The average Bonchev–Trinajstić information content (AvgIpc) is 3.04. The second kappa shape index (κ2) is 6.63. The molecule has 1 aliphatic heterocycles. The van der Waals surface area contributed by atoms with Crippen LogP contribution in [-0.2, 0) is 0 Å². The molecule has 0 bridgehead atoms. The van der Waals surface area contributed by atoms with Gasteiger partial charge in [-0.3, -0.25) is 0 Å². The summed E-state index contributed by atoms with van der Waals surface area (Å²) in [7, 11) is -0.685. The third kappa shape index (κ3) is 3.24. The van der Waals surface area contributed by atoms with Gasteiger partial charge in [-0.15, -0.1) is 0 Å². The van der Waals surface area contributed by atoms with Crippen LogP contribution >= 0.6 is 10.0 Å². The smallest absolute Gasteiger partial charge is 0.0526 e. The molecule has 1 saturated carbocycles. The molecule has 1 N–H and O–H groups in total. The topological polar surface area (TPSA) is 23.9 Å². The molecule has 1 heterocycles. The SMILES string of the molecule is CC(C)(C(=N)c1ccc(C2CCCCC2)cc1)S1(C)CCCC1. The Kier molecular flexibility index (Phi) is 4.92. The summed E-state index contributed by atoms with van der Waals surface area (Å²) < 4.78 is 0.0376. The zero-order valence-corrected chi connectivity index (χ0v) is 16.0. The van der Waals surface area contributed by atoms with E-state index in [1.54, 1.807) is 0 Å². The molecule has 3 rings (SSSR count). The number of hydrogen-bond acceptors (Lipinski definition) is 1. The second-order valence-corrected chi connectivity index (χ2v) is 12.6. The van der Waals surface area contributed by atoms with Gasteiger partial charge >= 0.3 is 0 Å². The molecule has 1 aromatic rings. The summed E-state index contributed by atoms with van der Waals surface area (Å²) in [5.74, 6) is 3.46. The summed E-state index contributed by atoms with van der Waals surface area (Å²) in [6.45, 7) is 4.65. The van der Waals surface area contributed by atoms with Gasteiger partial charge in [0.15, 0.2) is 0 Å². The third-order valence-corrected chi connectivity index (χ3v) is 11.6. The van der Waals surface area contributed by atoms with Crippen molar-refractivity contribution in [3.05, 3.63) is 35.4 Å². The van der Waals surface area contributed by atoms with Gasteiger partial charge in [0.25, 0.3) is 0 Å². The van der Waals surface area contributed by atoms with Crippen LogP contribution in [0, 0.1) is 5.41 Å². The minimum atomic E-state index is -0.685. The number of nitrogens with one attached hydrogen (secondary N) is 1. The number of hydrogen-bond donors (Lipinski definition) is 1. The van der Waals surface area contributed by atoms with Gasteiger partial charge in [0.2, 0.25) is 0 Å². The Morgan fingerprint density at radius 3 is 2.09 bits per heavy atom. The fraction of sp³-hybridized carbons (Fsp3) is 0.667. The summed E-state index contributed by atoms with van der Waals surface area (Å²) in [5.41, 5.74) is 3.51. The van der Waals surface area contributed by atoms with E-state index in [0.717, 1.165) is 17.2 Å². The van der Waals surface area contributed by atoms with Crippen molar-refractivity contribution in [3.8, 4) is 0 Å². The molecule has 0 aromatic heterocycles. The van der Waals surface area contributed by atoms with Crippen LogP contribution in [0.3, 0.4) is 0 Å². The van der Waals surface area contributed by atoms with Crippen LogP contribution in [-0.4, -0.2) is 28.2 Å². The predicted octanol–water partition coefficient (Wildman–Crippen LogP) is 6.11. The van der Waals surface area contributed by atoms with Crippen molar-refractivity contribution in [3.63, 3.8) is 0 Å². The van der Waals surface area contributed by atoms with Gasteiger partial charge in [0.1, 0.15) is 0 Å². The van der Waals surface area contributed by atoms with E-state index in [4.69, 9.17) is 5.41 Å². The quantitative estimate of drug-likeness (QED) is 0.644. The first-order chi connectivity index (χ1) is 10.9. The van der Waals surface area contributed by atoms with Crippen LogP contribution in [0.25, 0.3) is 0 Å². The van der Waals surface area contributed by atoms with Crippen molar-refractivity contribution >= 4 is 15.7 Å². The first-order valence-electron chi connectivity index (χ1n) is 9.37. The Bertz CT molecular complexity index is 546. The van der Waals surface area contributed by atoms with E-state index in [2.05, 4.69) is 44.4 Å². The lowest BCUT2D eigenvalue weighted by molar-refractivity contribution is 0.443. The van der Waals surface area contributed by atoms with Crippen LogP contribution in [0.5, 0.6) is 0 Å². The van der Waals surface area contributed by atoms with Crippen molar-refractivity contribution in [1.82, 2.24) is 0 Å². The van der Waals surface area contributed by atoms with Crippen molar-refractivity contribution < 1.29 is 0 Å². The molecule has 0 radical (unpaired) electrons. The summed E-state index contributed by atoms with van der Waals surface area (Å²) >= 11 is 0. The van der Waals surface area contributed by atoms with Crippen LogP contribution in [0.2, 0.25) is 0 Å². The van der Waals surface area contributed by atoms with E-state index in [9.17, 15) is 0 Å². The minimum absolute atomic E-state index is 0.0376. The molecule has 2 fully saturated rings. The largest absolute Gasteiger partial charge is 0.303 e. The molecule has 2 heteroatoms. The maximum atomic E-state index is 8.86. The fourth-order valence-corrected chi connectivity index (χ4v) is 7.92. The molecular formula is C21H33NS. The Morgan fingerprint density at radius 1 is 0.957 bits per heavy atom. The van der Waals surface area contributed by atoms with Crippen LogP contribution < -0.4 is 0 Å². The fourth-order valence-electron chi connectivity index (χ4n) is 4.41. The standard InChI is InChI=1S/C21H33NS/c1-21(2,23(3)15-7-8-16-23)20(22)19-13-11-18(12-14-19)17-9-5-4-6-10-17/h11-14,17,22H,4-10,15-16H2,1-3H3. The summed E-state index contributed by atoms with van der Waals surface area (Å²) in [4.78, 5) is 0. The first kappa shape index (κ1) is 17.1.